The van der Waals surface area contributed by atoms with Gasteiger partial charge in [0.2, 0.25) is 5.91 Å². The van der Waals surface area contributed by atoms with E-state index in [0.29, 0.717) is 23.9 Å². The number of piperidine rings is 1. The van der Waals surface area contributed by atoms with Crippen molar-refractivity contribution in [1.82, 2.24) is 9.80 Å². The van der Waals surface area contributed by atoms with Gasteiger partial charge in [0.15, 0.2) is 0 Å². The van der Waals surface area contributed by atoms with Crippen LogP contribution in [0.25, 0.3) is 0 Å². The van der Waals surface area contributed by atoms with E-state index >= 15 is 0 Å². The van der Waals surface area contributed by atoms with Crippen LogP contribution in [-0.2, 0) is 9.53 Å². The summed E-state index contributed by atoms with van der Waals surface area (Å²) in [6.07, 6.45) is 2.95. The summed E-state index contributed by atoms with van der Waals surface area (Å²) in [6.45, 7) is 1.52. The second-order valence-electron chi connectivity index (χ2n) is 8.72. The van der Waals surface area contributed by atoms with Crippen molar-refractivity contribution < 1.29 is 27.8 Å². The number of halogens is 3. The number of rotatable bonds is 6. The summed E-state index contributed by atoms with van der Waals surface area (Å²) in [5.74, 6) is -2.25. The van der Waals surface area contributed by atoms with Gasteiger partial charge in [-0.25, -0.2) is 8.78 Å². The van der Waals surface area contributed by atoms with Crippen molar-refractivity contribution in [1.29, 1.82) is 0 Å². The van der Waals surface area contributed by atoms with E-state index in [0.717, 1.165) is 31.4 Å². The van der Waals surface area contributed by atoms with Gasteiger partial charge in [-0.05, 0) is 49.6 Å². The van der Waals surface area contributed by atoms with Gasteiger partial charge in [0.1, 0.15) is 35.2 Å². The van der Waals surface area contributed by atoms with Crippen molar-refractivity contribution in [3.05, 3.63) is 64.7 Å². The van der Waals surface area contributed by atoms with Gasteiger partial charge in [0.25, 0.3) is 5.91 Å². The summed E-state index contributed by atoms with van der Waals surface area (Å²) in [4.78, 5) is 29.3. The highest BCUT2D eigenvalue weighted by molar-refractivity contribution is 6.30. The average molecular weight is 493 g/mol. The first-order valence-corrected chi connectivity index (χ1v) is 11.8. The molecule has 2 aliphatic rings. The Hall–Kier alpha value is -2.71. The Morgan fingerprint density at radius 1 is 1.00 bits per heavy atom. The van der Waals surface area contributed by atoms with E-state index in [4.69, 9.17) is 21.1 Å². The van der Waals surface area contributed by atoms with Crippen molar-refractivity contribution >= 4 is 23.4 Å². The minimum Gasteiger partial charge on any atom is -0.490 e. The molecule has 0 N–H and O–H groups in total. The number of amides is 2. The first-order valence-electron chi connectivity index (χ1n) is 11.4. The molecule has 182 valence electrons. The van der Waals surface area contributed by atoms with Crippen LogP contribution in [-0.4, -0.2) is 66.6 Å². The minimum atomic E-state index is -1.17. The lowest BCUT2D eigenvalue weighted by atomic mass is 9.95. The van der Waals surface area contributed by atoms with Crippen LogP contribution in [0, 0.1) is 11.6 Å². The molecule has 2 fully saturated rings. The van der Waals surface area contributed by atoms with Gasteiger partial charge in [-0.2, -0.15) is 0 Å². The van der Waals surface area contributed by atoms with E-state index in [9.17, 15) is 18.4 Å². The summed E-state index contributed by atoms with van der Waals surface area (Å²) >= 11 is 6.05. The zero-order valence-corrected chi connectivity index (χ0v) is 19.5. The molecule has 0 aliphatic carbocycles. The molecule has 2 aliphatic heterocycles. The van der Waals surface area contributed by atoms with Crippen LogP contribution in [0.3, 0.4) is 0 Å². The monoisotopic (exact) mass is 492 g/mol. The Morgan fingerprint density at radius 3 is 2.41 bits per heavy atom. The van der Waals surface area contributed by atoms with Crippen LogP contribution in [0.1, 0.15) is 36.0 Å². The molecule has 0 bridgehead atoms. The predicted molar refractivity (Wildman–Crippen MR) is 123 cm³/mol. The summed E-state index contributed by atoms with van der Waals surface area (Å²) in [5, 5.41) is 0.493. The second-order valence-corrected chi connectivity index (χ2v) is 9.16. The molecule has 9 heteroatoms. The topological polar surface area (TPSA) is 59.1 Å². The molecule has 2 aromatic carbocycles. The Labute approximate surface area is 202 Å². The highest BCUT2D eigenvalue weighted by Gasteiger charge is 2.43. The lowest BCUT2D eigenvalue weighted by Gasteiger charge is -2.43. The first kappa shape index (κ1) is 24.4. The number of morpholine rings is 1. The van der Waals surface area contributed by atoms with Gasteiger partial charge in [0.05, 0.1) is 19.6 Å². The predicted octanol–water partition coefficient (Wildman–Crippen LogP) is 4.31. The van der Waals surface area contributed by atoms with E-state index < -0.39 is 28.7 Å². The number of hydrogen-bond acceptors (Lipinski definition) is 4. The standard InChI is InChI=1S/C25H27ClF2N2O4/c26-18-6-4-7-19(14-18)33-17-25(15-22(31)29-10-2-1-3-11-29)16-30(12-13-34-25)24(32)23-20(27)8-5-9-21(23)28/h4-9,14H,1-3,10-13,15-17H2. The van der Waals surface area contributed by atoms with E-state index in [-0.39, 0.29) is 38.6 Å². The van der Waals surface area contributed by atoms with Gasteiger partial charge < -0.3 is 19.3 Å². The molecule has 0 spiro atoms. The fourth-order valence-corrected chi connectivity index (χ4v) is 4.61. The fraction of sp³-hybridized carbons (Fsp3) is 0.440. The molecule has 4 rings (SSSR count). The number of ether oxygens (including phenoxy) is 2. The average Bonchev–Trinajstić information content (AvgIpc) is 2.83. The number of hydrogen-bond donors (Lipinski definition) is 0. The summed E-state index contributed by atoms with van der Waals surface area (Å²) in [7, 11) is 0. The molecule has 6 nitrogen and oxygen atoms in total. The molecule has 2 saturated heterocycles. The molecular formula is C25H27ClF2N2O4. The molecule has 2 heterocycles. The van der Waals surface area contributed by atoms with Gasteiger partial charge in [-0.15, -0.1) is 0 Å². The fourth-order valence-electron chi connectivity index (χ4n) is 4.43. The second kappa shape index (κ2) is 10.7. The number of nitrogens with zero attached hydrogens (tertiary/aromatic N) is 2. The Kier molecular flexibility index (Phi) is 7.68. The van der Waals surface area contributed by atoms with Crippen molar-refractivity contribution in [3.8, 4) is 5.75 Å². The number of likely N-dealkylation sites (tertiary alicyclic amines) is 1. The SMILES string of the molecule is O=C(CC1(COc2cccc(Cl)c2)CN(C(=O)c2c(F)cccc2F)CCO1)N1CCCCC1. The lowest BCUT2D eigenvalue weighted by molar-refractivity contribution is -0.153. The maximum absolute atomic E-state index is 14.3. The number of carbonyl (C=O) groups is 2. The molecule has 34 heavy (non-hydrogen) atoms. The van der Waals surface area contributed by atoms with Gasteiger partial charge >= 0.3 is 0 Å². The van der Waals surface area contributed by atoms with Crippen LogP contribution < -0.4 is 4.74 Å². The molecule has 0 aromatic heterocycles. The van der Waals surface area contributed by atoms with Gasteiger partial charge in [-0.1, -0.05) is 23.7 Å². The van der Waals surface area contributed by atoms with Crippen molar-refractivity contribution in [3.63, 3.8) is 0 Å². The Morgan fingerprint density at radius 2 is 1.71 bits per heavy atom. The van der Waals surface area contributed by atoms with Crippen molar-refractivity contribution in [2.75, 3.05) is 39.4 Å². The summed E-state index contributed by atoms with van der Waals surface area (Å²) in [6, 6.07) is 10.1. The third-order valence-corrected chi connectivity index (χ3v) is 6.43. The normalized spacial score (nSPS) is 20.8. The van der Waals surface area contributed by atoms with Crippen LogP contribution in [0.4, 0.5) is 8.78 Å². The maximum Gasteiger partial charge on any atom is 0.260 e. The Balaban J connectivity index is 1.56. The van der Waals surface area contributed by atoms with Crippen molar-refractivity contribution in [2.24, 2.45) is 0 Å². The Bertz CT molecular complexity index is 1030. The molecule has 0 saturated carbocycles. The largest absolute Gasteiger partial charge is 0.490 e. The zero-order chi connectivity index (χ0) is 24.1. The third-order valence-electron chi connectivity index (χ3n) is 6.19. The van der Waals surface area contributed by atoms with E-state index in [2.05, 4.69) is 0 Å². The molecule has 2 amide bonds. The lowest BCUT2D eigenvalue weighted by Crippen LogP contribution is -2.58. The molecule has 1 atom stereocenters. The van der Waals surface area contributed by atoms with E-state index in [1.807, 2.05) is 0 Å². The third kappa shape index (κ3) is 5.67. The van der Waals surface area contributed by atoms with Crippen LogP contribution >= 0.6 is 11.6 Å². The van der Waals surface area contributed by atoms with E-state index in [1.54, 1.807) is 29.2 Å². The summed E-state index contributed by atoms with van der Waals surface area (Å²) < 4.78 is 40.6. The first-order chi connectivity index (χ1) is 16.4. The minimum absolute atomic E-state index is 0.0168. The highest BCUT2D eigenvalue weighted by atomic mass is 35.5. The van der Waals surface area contributed by atoms with Gasteiger partial charge in [-0.3, -0.25) is 9.59 Å². The summed E-state index contributed by atoms with van der Waals surface area (Å²) in [5.41, 5.74) is -1.79. The molecule has 2 aromatic rings. The molecule has 0 radical (unpaired) electrons. The highest BCUT2D eigenvalue weighted by Crippen LogP contribution is 2.28. The van der Waals surface area contributed by atoms with E-state index in [1.165, 1.54) is 11.0 Å². The van der Waals surface area contributed by atoms with Crippen LogP contribution in [0.15, 0.2) is 42.5 Å². The van der Waals surface area contributed by atoms with Crippen LogP contribution in [0.2, 0.25) is 5.02 Å². The number of benzene rings is 2. The smallest absolute Gasteiger partial charge is 0.260 e. The van der Waals surface area contributed by atoms with Crippen molar-refractivity contribution in [2.45, 2.75) is 31.3 Å². The van der Waals surface area contributed by atoms with Gasteiger partial charge in [0, 0.05) is 24.7 Å². The number of carbonyl (C=O) groups excluding carboxylic acids is 2. The quantitative estimate of drug-likeness (QED) is 0.603. The van der Waals surface area contributed by atoms with Crippen LogP contribution in [0.5, 0.6) is 5.75 Å². The molecule has 1 unspecified atom stereocenters. The molecular weight excluding hydrogens is 466 g/mol. The maximum atomic E-state index is 14.3. The zero-order valence-electron chi connectivity index (χ0n) is 18.8.